The second-order valence-corrected chi connectivity index (χ2v) is 14.6. The summed E-state index contributed by atoms with van der Waals surface area (Å²) in [5, 5.41) is 7.06. The van der Waals surface area contributed by atoms with Crippen LogP contribution in [0.5, 0.6) is 0 Å². The Bertz CT molecular complexity index is 3480. The van der Waals surface area contributed by atoms with Crippen LogP contribution in [0, 0.1) is 0 Å². The molecule has 0 aliphatic heterocycles. The van der Waals surface area contributed by atoms with Crippen LogP contribution in [0.3, 0.4) is 0 Å². The molecule has 0 aliphatic rings. The predicted octanol–water partition coefficient (Wildman–Crippen LogP) is 15.6. The monoisotopic (exact) mass is 742 g/mol. The Morgan fingerprint density at radius 3 is 1.79 bits per heavy atom. The number of rotatable bonds is 7. The predicted molar refractivity (Wildman–Crippen MR) is 247 cm³/mol. The number of nitrogens with zero attached hydrogens (tertiary/aromatic N) is 2. The number of aromatic nitrogens is 1. The molecule has 0 amide bonds. The Morgan fingerprint density at radius 2 is 0.966 bits per heavy atom. The molecule has 11 rings (SSSR count). The number of anilines is 3. The lowest BCUT2D eigenvalue weighted by atomic mass is 9.97. The van der Waals surface area contributed by atoms with Crippen LogP contribution in [0.15, 0.2) is 230 Å². The van der Waals surface area contributed by atoms with Gasteiger partial charge in [0.05, 0.1) is 16.5 Å². The molecule has 58 heavy (non-hydrogen) atoms. The first kappa shape index (κ1) is 29.6. The molecule has 0 atom stereocenters. The molecule has 0 radical (unpaired) electrons. The van der Waals surface area contributed by atoms with E-state index in [2.05, 4.69) is 150 Å². The smallest absolute Gasteiger partial charge is 0.0645 e. The van der Waals surface area contributed by atoms with Crippen LogP contribution >= 0.6 is 0 Å². The number of hydrogen-bond acceptors (Lipinski definition) is 1. The van der Waals surface area contributed by atoms with Crippen LogP contribution in [0.1, 0.15) is 5.48 Å². The van der Waals surface area contributed by atoms with E-state index in [4.69, 9.17) is 0 Å². The van der Waals surface area contributed by atoms with Crippen molar-refractivity contribution in [3.63, 3.8) is 0 Å². The first-order valence-electron chi connectivity index (χ1n) is 21.6. The van der Waals surface area contributed by atoms with E-state index < -0.39 is 0 Å². The molecule has 2 nitrogen and oxygen atoms in total. The fourth-order valence-electron chi connectivity index (χ4n) is 8.50. The average molecular weight is 743 g/mol. The van der Waals surface area contributed by atoms with Gasteiger partial charge in [0.25, 0.3) is 0 Å². The van der Waals surface area contributed by atoms with Gasteiger partial charge < -0.3 is 9.47 Å². The summed E-state index contributed by atoms with van der Waals surface area (Å²) in [4.78, 5) is 1.88. The lowest BCUT2D eigenvalue weighted by Crippen LogP contribution is -2.10. The Balaban J connectivity index is 1.09. The van der Waals surface area contributed by atoms with Gasteiger partial charge in [-0.25, -0.2) is 0 Å². The van der Waals surface area contributed by atoms with Crippen molar-refractivity contribution >= 4 is 60.4 Å². The molecule has 0 N–H and O–H groups in total. The molecule has 10 aromatic carbocycles. The summed E-state index contributed by atoms with van der Waals surface area (Å²) in [6.45, 7) is 0. The van der Waals surface area contributed by atoms with E-state index in [0.717, 1.165) is 55.1 Å². The second-order valence-electron chi connectivity index (χ2n) is 14.6. The van der Waals surface area contributed by atoms with Gasteiger partial charge in [0, 0.05) is 33.5 Å². The molecule has 2 heteroatoms. The third-order valence-corrected chi connectivity index (χ3v) is 11.2. The Hall–Kier alpha value is -7.68. The fourth-order valence-corrected chi connectivity index (χ4v) is 8.50. The zero-order valence-corrected chi connectivity index (χ0v) is 31.5. The third-order valence-electron chi connectivity index (χ3n) is 11.2. The van der Waals surface area contributed by atoms with Crippen molar-refractivity contribution in [1.82, 2.24) is 4.57 Å². The van der Waals surface area contributed by atoms with Crippen molar-refractivity contribution in [2.24, 2.45) is 0 Å². The highest BCUT2D eigenvalue weighted by Gasteiger charge is 2.18. The molecule has 0 spiro atoms. The molecular formula is C56H38N2. The van der Waals surface area contributed by atoms with Crippen LogP contribution in [0.25, 0.3) is 82.4 Å². The summed E-state index contributed by atoms with van der Waals surface area (Å²) < 4.78 is 39.9. The molecule has 0 aliphatic carbocycles. The van der Waals surface area contributed by atoms with E-state index in [1.54, 1.807) is 0 Å². The Labute approximate surface area is 343 Å². The molecule has 0 saturated heterocycles. The van der Waals surface area contributed by atoms with Gasteiger partial charge in [-0.1, -0.05) is 164 Å². The molecule has 0 unspecified atom stereocenters. The largest absolute Gasteiger partial charge is 0.310 e. The van der Waals surface area contributed by atoms with Crippen molar-refractivity contribution in [2.45, 2.75) is 0 Å². The number of benzene rings is 10. The molecular weight excluding hydrogens is 701 g/mol. The molecule has 11 aromatic rings. The summed E-state index contributed by atoms with van der Waals surface area (Å²) in [6.07, 6.45) is 0. The van der Waals surface area contributed by atoms with Crippen molar-refractivity contribution < 1.29 is 5.48 Å². The van der Waals surface area contributed by atoms with Gasteiger partial charge in [-0.2, -0.15) is 0 Å². The first-order valence-corrected chi connectivity index (χ1v) is 19.6. The minimum Gasteiger partial charge on any atom is -0.310 e. The summed E-state index contributed by atoms with van der Waals surface area (Å²) in [5.41, 5.74) is 9.92. The number of para-hydroxylation sites is 2. The van der Waals surface area contributed by atoms with E-state index in [-0.39, 0.29) is 35.4 Å². The van der Waals surface area contributed by atoms with Crippen molar-refractivity contribution in [3.8, 4) is 39.1 Å². The molecule has 272 valence electrons. The maximum atomic E-state index is 9.53. The van der Waals surface area contributed by atoms with E-state index in [0.29, 0.717) is 16.9 Å². The lowest BCUT2D eigenvalue weighted by molar-refractivity contribution is 1.18. The van der Waals surface area contributed by atoms with Gasteiger partial charge in [-0.05, 0) is 122 Å². The normalized spacial score (nSPS) is 12.4. The highest BCUT2D eigenvalue weighted by Crippen LogP contribution is 2.42. The topological polar surface area (TPSA) is 8.17 Å². The van der Waals surface area contributed by atoms with Crippen LogP contribution < -0.4 is 4.90 Å². The molecule has 0 saturated carbocycles. The van der Waals surface area contributed by atoms with Crippen LogP contribution in [0.2, 0.25) is 0 Å². The molecule has 0 bridgehead atoms. The van der Waals surface area contributed by atoms with Crippen molar-refractivity contribution in [3.05, 3.63) is 230 Å². The Kier molecular flexibility index (Phi) is 7.20. The van der Waals surface area contributed by atoms with Gasteiger partial charge in [-0.3, -0.25) is 0 Å². The SMILES string of the molecule is [2H]c1c([2H])c(N(c2ccc(-c3ccc4c(ccc5ccccc54)c3)cc2)c2cccc(-c3cccc4c3c3ccccc3n4-c3ccccc3)c2)c([2H])c([2H])c1-c1ccccc1. The third kappa shape index (κ3) is 5.82. The summed E-state index contributed by atoms with van der Waals surface area (Å²) in [5.74, 6) is 0. The van der Waals surface area contributed by atoms with Gasteiger partial charge in [0.2, 0.25) is 0 Å². The maximum Gasteiger partial charge on any atom is 0.0645 e. The van der Waals surface area contributed by atoms with E-state index in [1.165, 1.54) is 16.2 Å². The molecule has 1 aromatic heterocycles. The zero-order valence-electron chi connectivity index (χ0n) is 35.5. The average Bonchev–Trinajstić information content (AvgIpc) is 3.67. The van der Waals surface area contributed by atoms with Gasteiger partial charge in [0.15, 0.2) is 0 Å². The highest BCUT2D eigenvalue weighted by molar-refractivity contribution is 6.16. The summed E-state index contributed by atoms with van der Waals surface area (Å²) in [6, 6.07) is 69.9. The van der Waals surface area contributed by atoms with Gasteiger partial charge in [-0.15, -0.1) is 0 Å². The lowest BCUT2D eigenvalue weighted by Gasteiger charge is -2.26. The molecule has 1 heterocycles. The van der Waals surface area contributed by atoms with Crippen molar-refractivity contribution in [2.75, 3.05) is 4.90 Å². The quantitative estimate of drug-likeness (QED) is 0.148. The van der Waals surface area contributed by atoms with Crippen LogP contribution in [-0.4, -0.2) is 4.57 Å². The second kappa shape index (κ2) is 14.1. The molecule has 0 fully saturated rings. The Morgan fingerprint density at radius 1 is 0.345 bits per heavy atom. The minimum atomic E-state index is -0.117. The first-order chi connectivity index (χ1) is 30.4. The van der Waals surface area contributed by atoms with E-state index >= 15 is 0 Å². The number of fused-ring (bicyclic) bond motifs is 6. The minimum absolute atomic E-state index is 0.0906. The van der Waals surface area contributed by atoms with E-state index in [9.17, 15) is 5.48 Å². The zero-order chi connectivity index (χ0) is 41.9. The van der Waals surface area contributed by atoms with Crippen LogP contribution in [0.4, 0.5) is 17.1 Å². The van der Waals surface area contributed by atoms with E-state index in [1.807, 2.05) is 65.6 Å². The van der Waals surface area contributed by atoms with Gasteiger partial charge in [0.1, 0.15) is 0 Å². The standard InChI is InChI=1S/C56H38N2/c1-3-13-39(14-4-1)40-27-32-47(33-28-40)57(48-34-29-41(30-35-48)43-31-36-51-45(37-43)26-25-42-15-7-8-20-50(42)51)49-19-11-16-44(38-49)52-22-12-24-55-56(52)53-21-9-10-23-54(53)58(55)46-17-5-2-6-18-46/h1-38H/i27D,28D,32D,33D. The van der Waals surface area contributed by atoms with Crippen molar-refractivity contribution in [1.29, 1.82) is 0 Å². The fraction of sp³-hybridized carbons (Fsp3) is 0. The van der Waals surface area contributed by atoms with Crippen LogP contribution in [-0.2, 0) is 0 Å². The summed E-state index contributed by atoms with van der Waals surface area (Å²) >= 11 is 0. The number of hydrogen-bond donors (Lipinski definition) is 0. The summed E-state index contributed by atoms with van der Waals surface area (Å²) in [7, 11) is 0. The maximum absolute atomic E-state index is 9.53. The van der Waals surface area contributed by atoms with Gasteiger partial charge >= 0.3 is 0 Å². The highest BCUT2D eigenvalue weighted by atomic mass is 15.1.